The summed E-state index contributed by atoms with van der Waals surface area (Å²) in [7, 11) is 0. The van der Waals surface area contributed by atoms with Crippen molar-refractivity contribution >= 4 is 16.8 Å². The Morgan fingerprint density at radius 3 is 2.43 bits per heavy atom. The Hall–Kier alpha value is -0.820. The summed E-state index contributed by atoms with van der Waals surface area (Å²) >= 11 is 5.59. The van der Waals surface area contributed by atoms with Crippen LogP contribution in [0.15, 0.2) is 24.3 Å². The Labute approximate surface area is 90.1 Å². The number of aryl methyl sites for hydroxylation is 1. The number of halogens is 1. The SMILES string of the molecule is Cc1cccc(C(C(=O)Cl)C(C)C)c1. The summed E-state index contributed by atoms with van der Waals surface area (Å²) in [6.07, 6.45) is 0. The second kappa shape index (κ2) is 4.61. The molecule has 14 heavy (non-hydrogen) atoms. The van der Waals surface area contributed by atoms with Crippen molar-refractivity contribution in [1.29, 1.82) is 0 Å². The molecule has 0 spiro atoms. The summed E-state index contributed by atoms with van der Waals surface area (Å²) < 4.78 is 0. The average Bonchev–Trinajstić information content (AvgIpc) is 2.02. The lowest BCUT2D eigenvalue weighted by atomic mass is 9.89. The van der Waals surface area contributed by atoms with Crippen molar-refractivity contribution in [3.63, 3.8) is 0 Å². The first-order valence-electron chi connectivity index (χ1n) is 4.78. The van der Waals surface area contributed by atoms with Crippen LogP contribution in [0.5, 0.6) is 0 Å². The van der Waals surface area contributed by atoms with E-state index in [-0.39, 0.29) is 17.1 Å². The minimum absolute atomic E-state index is 0.184. The van der Waals surface area contributed by atoms with Crippen LogP contribution in [0.25, 0.3) is 0 Å². The van der Waals surface area contributed by atoms with Crippen LogP contribution in [0.1, 0.15) is 30.9 Å². The molecule has 1 nitrogen and oxygen atoms in total. The van der Waals surface area contributed by atoms with Gasteiger partial charge in [-0.25, -0.2) is 0 Å². The molecule has 0 saturated heterocycles. The summed E-state index contributed by atoms with van der Waals surface area (Å²) in [6.45, 7) is 6.03. The largest absolute Gasteiger partial charge is 0.281 e. The molecule has 0 N–H and O–H groups in total. The summed E-state index contributed by atoms with van der Waals surface area (Å²) in [5.74, 6) is 0.0540. The third kappa shape index (κ3) is 2.58. The summed E-state index contributed by atoms with van der Waals surface area (Å²) in [6, 6.07) is 7.95. The van der Waals surface area contributed by atoms with Crippen molar-refractivity contribution in [2.75, 3.05) is 0 Å². The van der Waals surface area contributed by atoms with Crippen molar-refractivity contribution < 1.29 is 4.79 Å². The van der Waals surface area contributed by atoms with Crippen molar-refractivity contribution in [3.8, 4) is 0 Å². The first-order chi connectivity index (χ1) is 6.52. The van der Waals surface area contributed by atoms with Gasteiger partial charge in [0.1, 0.15) is 0 Å². The zero-order valence-corrected chi connectivity index (χ0v) is 9.51. The van der Waals surface area contributed by atoms with Crippen LogP contribution in [-0.2, 0) is 4.79 Å². The van der Waals surface area contributed by atoms with Gasteiger partial charge in [0.05, 0.1) is 5.92 Å². The predicted molar refractivity (Wildman–Crippen MR) is 59.6 cm³/mol. The van der Waals surface area contributed by atoms with Crippen LogP contribution in [0, 0.1) is 12.8 Å². The molecule has 0 fully saturated rings. The van der Waals surface area contributed by atoms with E-state index in [4.69, 9.17) is 11.6 Å². The normalized spacial score (nSPS) is 12.9. The maximum absolute atomic E-state index is 11.3. The van der Waals surface area contributed by atoms with E-state index in [2.05, 4.69) is 0 Å². The number of hydrogen-bond acceptors (Lipinski definition) is 1. The molecule has 0 aliphatic heterocycles. The van der Waals surface area contributed by atoms with E-state index in [1.165, 1.54) is 0 Å². The first kappa shape index (κ1) is 11.3. The first-order valence-corrected chi connectivity index (χ1v) is 5.16. The van der Waals surface area contributed by atoms with E-state index >= 15 is 0 Å². The number of benzene rings is 1. The van der Waals surface area contributed by atoms with Gasteiger partial charge < -0.3 is 0 Å². The van der Waals surface area contributed by atoms with Gasteiger partial charge in [0.25, 0.3) is 0 Å². The lowest BCUT2D eigenvalue weighted by molar-refractivity contribution is -0.113. The van der Waals surface area contributed by atoms with Crippen LogP contribution in [-0.4, -0.2) is 5.24 Å². The molecule has 1 rings (SSSR count). The average molecular weight is 211 g/mol. The molecule has 0 radical (unpaired) electrons. The predicted octanol–water partition coefficient (Wildman–Crippen LogP) is 3.50. The van der Waals surface area contributed by atoms with Gasteiger partial charge in [-0.1, -0.05) is 43.7 Å². The lowest BCUT2D eigenvalue weighted by Crippen LogP contribution is -2.13. The standard InChI is InChI=1S/C12H15ClO/c1-8(2)11(12(13)14)10-6-4-5-9(3)7-10/h4-8,11H,1-3H3. The highest BCUT2D eigenvalue weighted by molar-refractivity contribution is 6.64. The molecular formula is C12H15ClO. The maximum Gasteiger partial charge on any atom is 0.229 e. The highest BCUT2D eigenvalue weighted by atomic mass is 35.5. The summed E-state index contributed by atoms with van der Waals surface area (Å²) in [5.41, 5.74) is 2.17. The zero-order valence-electron chi connectivity index (χ0n) is 8.75. The van der Waals surface area contributed by atoms with Gasteiger partial charge in [-0.05, 0) is 30.0 Å². The Kier molecular flexibility index (Phi) is 3.70. The third-order valence-electron chi connectivity index (χ3n) is 2.31. The molecule has 0 aliphatic carbocycles. The molecule has 1 atom stereocenters. The Bertz CT molecular complexity index is 331. The van der Waals surface area contributed by atoms with Crippen LogP contribution in [0.3, 0.4) is 0 Å². The van der Waals surface area contributed by atoms with Gasteiger partial charge in [0.15, 0.2) is 0 Å². The summed E-state index contributed by atoms with van der Waals surface area (Å²) in [5, 5.41) is -0.273. The number of rotatable bonds is 3. The number of carbonyl (C=O) groups is 1. The topological polar surface area (TPSA) is 17.1 Å². The van der Waals surface area contributed by atoms with Crippen molar-refractivity contribution in [3.05, 3.63) is 35.4 Å². The molecule has 2 heteroatoms. The van der Waals surface area contributed by atoms with Gasteiger partial charge >= 0.3 is 0 Å². The van der Waals surface area contributed by atoms with E-state index in [1.807, 2.05) is 45.0 Å². The fourth-order valence-electron chi connectivity index (χ4n) is 1.64. The highest BCUT2D eigenvalue weighted by Crippen LogP contribution is 2.27. The minimum atomic E-state index is -0.273. The molecule has 0 saturated carbocycles. The molecule has 1 aromatic carbocycles. The molecule has 76 valence electrons. The van der Waals surface area contributed by atoms with Gasteiger partial charge in [0.2, 0.25) is 5.24 Å². The molecule has 0 aromatic heterocycles. The molecule has 0 aliphatic rings. The van der Waals surface area contributed by atoms with Crippen molar-refractivity contribution in [2.24, 2.45) is 5.92 Å². The maximum atomic E-state index is 11.3. The van der Waals surface area contributed by atoms with Gasteiger partial charge in [0, 0.05) is 0 Å². The molecular weight excluding hydrogens is 196 g/mol. The van der Waals surface area contributed by atoms with Gasteiger partial charge in [-0.2, -0.15) is 0 Å². The van der Waals surface area contributed by atoms with E-state index in [9.17, 15) is 4.79 Å². The molecule has 0 amide bonds. The molecule has 0 bridgehead atoms. The Morgan fingerprint density at radius 2 is 2.00 bits per heavy atom. The number of carbonyl (C=O) groups excluding carboxylic acids is 1. The molecule has 1 aromatic rings. The van der Waals surface area contributed by atoms with E-state index in [0.29, 0.717) is 0 Å². The Balaban J connectivity index is 3.05. The molecule has 1 unspecified atom stereocenters. The fraction of sp³-hybridized carbons (Fsp3) is 0.417. The minimum Gasteiger partial charge on any atom is -0.281 e. The van der Waals surface area contributed by atoms with Crippen LogP contribution in [0.4, 0.5) is 0 Å². The number of hydrogen-bond donors (Lipinski definition) is 0. The zero-order chi connectivity index (χ0) is 10.7. The third-order valence-corrected chi connectivity index (χ3v) is 2.55. The fourth-order valence-corrected chi connectivity index (χ4v) is 2.02. The highest BCUT2D eigenvalue weighted by Gasteiger charge is 2.22. The van der Waals surface area contributed by atoms with Crippen LogP contribution < -0.4 is 0 Å². The lowest BCUT2D eigenvalue weighted by Gasteiger charge is -2.17. The van der Waals surface area contributed by atoms with Crippen molar-refractivity contribution in [2.45, 2.75) is 26.7 Å². The van der Waals surface area contributed by atoms with E-state index in [0.717, 1.165) is 11.1 Å². The van der Waals surface area contributed by atoms with E-state index < -0.39 is 0 Å². The Morgan fingerprint density at radius 1 is 1.36 bits per heavy atom. The van der Waals surface area contributed by atoms with E-state index in [1.54, 1.807) is 0 Å². The second-order valence-electron chi connectivity index (χ2n) is 3.94. The monoisotopic (exact) mass is 210 g/mol. The van der Waals surface area contributed by atoms with Crippen molar-refractivity contribution in [1.82, 2.24) is 0 Å². The summed E-state index contributed by atoms with van der Waals surface area (Å²) in [4.78, 5) is 11.3. The van der Waals surface area contributed by atoms with Gasteiger partial charge in [-0.15, -0.1) is 0 Å². The smallest absolute Gasteiger partial charge is 0.229 e. The van der Waals surface area contributed by atoms with Crippen LogP contribution in [0.2, 0.25) is 0 Å². The molecule has 0 heterocycles. The second-order valence-corrected chi connectivity index (χ2v) is 4.31. The van der Waals surface area contributed by atoms with Gasteiger partial charge in [-0.3, -0.25) is 4.79 Å². The van der Waals surface area contributed by atoms with Crippen LogP contribution >= 0.6 is 11.6 Å². The quantitative estimate of drug-likeness (QED) is 0.698.